The first-order valence-electron chi connectivity index (χ1n) is 10.4. The molecule has 2 aromatic carbocycles. The highest BCUT2D eigenvalue weighted by Crippen LogP contribution is 2.44. The van der Waals surface area contributed by atoms with Crippen molar-refractivity contribution in [2.24, 2.45) is 0 Å². The number of likely N-dealkylation sites (N-methyl/N-ethyl adjacent to an activating group) is 1. The predicted molar refractivity (Wildman–Crippen MR) is 117 cm³/mol. The van der Waals surface area contributed by atoms with Crippen molar-refractivity contribution in [1.29, 1.82) is 0 Å². The lowest BCUT2D eigenvalue weighted by molar-refractivity contribution is -0.384. The third kappa shape index (κ3) is 3.30. The van der Waals surface area contributed by atoms with Gasteiger partial charge in [-0.05, 0) is 38.0 Å². The van der Waals surface area contributed by atoms with E-state index in [0.717, 1.165) is 0 Å². The number of nitrogens with zero attached hydrogens (tertiary/aromatic N) is 4. The number of para-hydroxylation sites is 1. The van der Waals surface area contributed by atoms with Crippen molar-refractivity contribution in [2.75, 3.05) is 18.5 Å². The summed E-state index contributed by atoms with van der Waals surface area (Å²) in [6.45, 7) is 3.38. The molecule has 0 radical (unpaired) electrons. The molecule has 32 heavy (non-hydrogen) atoms. The molecule has 2 atom stereocenters. The number of hydrogen-bond acceptors (Lipinski definition) is 5. The first kappa shape index (κ1) is 21.5. The number of amides is 3. The largest absolute Gasteiger partial charge is 0.337 e. The molecule has 2 unspecified atom stereocenters. The summed E-state index contributed by atoms with van der Waals surface area (Å²) in [6, 6.07) is 12.6. The molecule has 0 bridgehead atoms. The maximum absolute atomic E-state index is 13.3. The molecule has 2 aliphatic heterocycles. The third-order valence-corrected chi connectivity index (χ3v) is 6.58. The number of anilines is 1. The molecule has 1 saturated heterocycles. The number of benzene rings is 2. The highest BCUT2D eigenvalue weighted by Gasteiger charge is 2.53. The minimum Gasteiger partial charge on any atom is -0.337 e. The molecule has 0 saturated carbocycles. The van der Waals surface area contributed by atoms with Crippen molar-refractivity contribution in [2.45, 2.75) is 38.4 Å². The van der Waals surface area contributed by atoms with Gasteiger partial charge in [0.05, 0.1) is 22.2 Å². The van der Waals surface area contributed by atoms with Gasteiger partial charge < -0.3 is 9.80 Å². The number of carbonyl (C=O) groups excluding carboxylic acids is 3. The molecule has 0 aliphatic carbocycles. The lowest BCUT2D eigenvalue weighted by atomic mass is 9.98. The van der Waals surface area contributed by atoms with Crippen LogP contribution in [0.15, 0.2) is 48.5 Å². The lowest BCUT2D eigenvalue weighted by Crippen LogP contribution is -2.63. The van der Waals surface area contributed by atoms with Crippen LogP contribution >= 0.6 is 0 Å². The van der Waals surface area contributed by atoms with E-state index in [-0.39, 0.29) is 30.0 Å². The Balaban J connectivity index is 1.61. The van der Waals surface area contributed by atoms with Crippen molar-refractivity contribution >= 4 is 29.1 Å². The van der Waals surface area contributed by atoms with Gasteiger partial charge in [0.1, 0.15) is 12.2 Å². The van der Waals surface area contributed by atoms with Gasteiger partial charge in [0.25, 0.3) is 11.6 Å². The first-order chi connectivity index (χ1) is 15.1. The van der Waals surface area contributed by atoms with Crippen LogP contribution in [0.1, 0.15) is 48.7 Å². The fourth-order valence-electron chi connectivity index (χ4n) is 4.53. The fourth-order valence-corrected chi connectivity index (χ4v) is 4.53. The van der Waals surface area contributed by atoms with Crippen LogP contribution in [0.2, 0.25) is 0 Å². The van der Waals surface area contributed by atoms with E-state index in [1.807, 2.05) is 6.92 Å². The number of carbonyl (C=O) groups is 3. The van der Waals surface area contributed by atoms with Crippen molar-refractivity contribution in [3.63, 3.8) is 0 Å². The van der Waals surface area contributed by atoms with Crippen LogP contribution in [0.25, 0.3) is 0 Å². The quantitative estimate of drug-likeness (QED) is 0.529. The van der Waals surface area contributed by atoms with Gasteiger partial charge in [-0.2, -0.15) is 0 Å². The van der Waals surface area contributed by atoms with Crippen LogP contribution in [0.4, 0.5) is 11.4 Å². The van der Waals surface area contributed by atoms with Gasteiger partial charge in [-0.3, -0.25) is 29.4 Å². The summed E-state index contributed by atoms with van der Waals surface area (Å²) in [6.07, 6.45) is 0.728. The number of hydrogen-bond donors (Lipinski definition) is 0. The van der Waals surface area contributed by atoms with Gasteiger partial charge in [0.2, 0.25) is 11.8 Å². The Bertz CT molecular complexity index is 1130. The Morgan fingerprint density at radius 3 is 2.66 bits per heavy atom. The summed E-state index contributed by atoms with van der Waals surface area (Å²) in [5, 5.41) is 11.1. The molecule has 2 aromatic rings. The van der Waals surface area contributed by atoms with E-state index in [2.05, 4.69) is 0 Å². The normalized spacial score (nSPS) is 20.6. The van der Waals surface area contributed by atoms with Gasteiger partial charge >= 0.3 is 0 Å². The minimum atomic E-state index is -0.923. The molecule has 0 N–H and O–H groups in total. The van der Waals surface area contributed by atoms with Crippen LogP contribution in [-0.4, -0.2) is 51.7 Å². The Morgan fingerprint density at radius 2 is 1.94 bits per heavy atom. The van der Waals surface area contributed by atoms with Crippen LogP contribution in [0.5, 0.6) is 0 Å². The summed E-state index contributed by atoms with van der Waals surface area (Å²) in [4.78, 5) is 54.4. The van der Waals surface area contributed by atoms with Gasteiger partial charge in [-0.15, -0.1) is 0 Å². The zero-order valence-electron chi connectivity index (χ0n) is 18.1. The van der Waals surface area contributed by atoms with E-state index in [1.165, 1.54) is 21.9 Å². The number of nitro benzene ring substituents is 1. The molecule has 3 amide bonds. The summed E-state index contributed by atoms with van der Waals surface area (Å²) in [7, 11) is 1.61. The minimum absolute atomic E-state index is 0.0503. The molecule has 166 valence electrons. The van der Waals surface area contributed by atoms with E-state index in [9.17, 15) is 24.5 Å². The van der Waals surface area contributed by atoms with Crippen LogP contribution < -0.4 is 4.90 Å². The third-order valence-electron chi connectivity index (χ3n) is 6.58. The molecule has 0 spiro atoms. The average Bonchev–Trinajstić information content (AvgIpc) is 3.10. The second-order valence-corrected chi connectivity index (χ2v) is 8.39. The highest BCUT2D eigenvalue weighted by atomic mass is 16.6. The van der Waals surface area contributed by atoms with Gasteiger partial charge in [0.15, 0.2) is 0 Å². The highest BCUT2D eigenvalue weighted by molar-refractivity contribution is 6.11. The zero-order valence-corrected chi connectivity index (χ0v) is 18.1. The van der Waals surface area contributed by atoms with E-state index in [0.29, 0.717) is 29.7 Å². The molecule has 9 nitrogen and oxygen atoms in total. The standard InChI is InChI=1S/C23H24N4O5/c1-15(16-7-6-8-17(13-16)27(31)32)24(3)21(29)14-25-22(30)18-9-4-5-10-19(18)26-20(28)11-12-23(25,26)2/h4-10,13,15H,11-12,14H2,1-3H3. The molecule has 1 fully saturated rings. The van der Waals surface area contributed by atoms with Crippen molar-refractivity contribution in [3.8, 4) is 0 Å². The smallest absolute Gasteiger partial charge is 0.269 e. The van der Waals surface area contributed by atoms with Gasteiger partial charge in [0, 0.05) is 25.6 Å². The maximum Gasteiger partial charge on any atom is 0.269 e. The second kappa shape index (κ2) is 7.74. The summed E-state index contributed by atoms with van der Waals surface area (Å²) < 4.78 is 0. The molecule has 2 aliphatic rings. The Labute approximate surface area is 185 Å². The van der Waals surface area contributed by atoms with Crippen LogP contribution in [-0.2, 0) is 9.59 Å². The Hall–Kier alpha value is -3.75. The SMILES string of the molecule is CC(c1cccc([N+](=O)[O-])c1)N(C)C(=O)CN1C(=O)c2ccccc2N2C(=O)CCC12C. The number of nitro groups is 1. The fraction of sp³-hybridized carbons (Fsp3) is 0.348. The van der Waals surface area contributed by atoms with Crippen molar-refractivity contribution in [1.82, 2.24) is 9.80 Å². The molecule has 2 heterocycles. The number of rotatable bonds is 5. The maximum atomic E-state index is 13.3. The number of non-ortho nitro benzene ring substituents is 1. The predicted octanol–water partition coefficient (Wildman–Crippen LogP) is 3.11. The average molecular weight is 436 g/mol. The van der Waals surface area contributed by atoms with Gasteiger partial charge in [-0.25, -0.2) is 0 Å². The number of fused-ring (bicyclic) bond motifs is 3. The van der Waals surface area contributed by atoms with Crippen LogP contribution in [0.3, 0.4) is 0 Å². The van der Waals surface area contributed by atoms with E-state index in [1.54, 1.807) is 55.3 Å². The first-order valence-corrected chi connectivity index (χ1v) is 10.4. The molecular weight excluding hydrogens is 412 g/mol. The summed E-state index contributed by atoms with van der Waals surface area (Å²) >= 11 is 0. The zero-order chi connectivity index (χ0) is 23.2. The Kier molecular flexibility index (Phi) is 5.20. The monoisotopic (exact) mass is 436 g/mol. The van der Waals surface area contributed by atoms with E-state index < -0.39 is 16.6 Å². The van der Waals surface area contributed by atoms with Gasteiger partial charge in [-0.1, -0.05) is 24.3 Å². The summed E-state index contributed by atoms with van der Waals surface area (Å²) in [5.41, 5.74) is 0.611. The Morgan fingerprint density at radius 1 is 1.22 bits per heavy atom. The van der Waals surface area contributed by atoms with E-state index >= 15 is 0 Å². The molecule has 4 rings (SSSR count). The topological polar surface area (TPSA) is 104 Å². The molecular formula is C23H24N4O5. The second-order valence-electron chi connectivity index (χ2n) is 8.39. The van der Waals surface area contributed by atoms with Crippen molar-refractivity contribution < 1.29 is 19.3 Å². The van der Waals surface area contributed by atoms with Crippen molar-refractivity contribution in [3.05, 3.63) is 69.8 Å². The van der Waals surface area contributed by atoms with E-state index in [4.69, 9.17) is 0 Å². The lowest BCUT2D eigenvalue weighted by Gasteiger charge is -2.48. The van der Waals surface area contributed by atoms with Crippen LogP contribution in [0, 0.1) is 10.1 Å². The molecule has 9 heteroatoms. The summed E-state index contributed by atoms with van der Waals surface area (Å²) in [5.74, 6) is -0.695. The molecule has 0 aromatic heterocycles.